The van der Waals surface area contributed by atoms with Gasteiger partial charge in [0.2, 0.25) is 5.91 Å². The van der Waals surface area contributed by atoms with Gasteiger partial charge in [0.05, 0.1) is 5.92 Å². The van der Waals surface area contributed by atoms with Gasteiger partial charge in [-0.15, -0.1) is 0 Å². The number of hydrogen-bond donors (Lipinski definition) is 1. The fourth-order valence-electron chi connectivity index (χ4n) is 4.10. The van der Waals surface area contributed by atoms with E-state index in [1.807, 2.05) is 18.2 Å². The quantitative estimate of drug-likeness (QED) is 0.916. The summed E-state index contributed by atoms with van der Waals surface area (Å²) in [5.74, 6) is -0.0739. The molecule has 4 heteroatoms. The van der Waals surface area contributed by atoms with E-state index in [4.69, 9.17) is 0 Å². The Balaban J connectivity index is 1.49. The summed E-state index contributed by atoms with van der Waals surface area (Å²) in [6.07, 6.45) is 6.01. The molecule has 126 valence electrons. The van der Waals surface area contributed by atoms with Crippen LogP contribution < -0.4 is 5.32 Å². The summed E-state index contributed by atoms with van der Waals surface area (Å²) >= 11 is 0. The van der Waals surface area contributed by atoms with Crippen molar-refractivity contribution in [3.8, 4) is 0 Å². The lowest BCUT2D eigenvalue weighted by Gasteiger charge is -2.15. The molecular weight excluding hydrogens is 298 g/mol. The fourth-order valence-corrected chi connectivity index (χ4v) is 4.10. The lowest BCUT2D eigenvalue weighted by atomic mass is 9.93. The normalized spacial score (nSPS) is 20.4. The highest BCUT2D eigenvalue weighted by Crippen LogP contribution is 2.38. The highest BCUT2D eigenvalue weighted by molar-refractivity contribution is 6.05. The van der Waals surface area contributed by atoms with Gasteiger partial charge < -0.3 is 14.8 Å². The van der Waals surface area contributed by atoms with Gasteiger partial charge >= 0.3 is 0 Å². The second-order valence-electron chi connectivity index (χ2n) is 6.96. The Morgan fingerprint density at radius 3 is 2.71 bits per heavy atom. The third kappa shape index (κ3) is 2.75. The maximum atomic E-state index is 12.5. The van der Waals surface area contributed by atoms with E-state index in [1.165, 1.54) is 44.6 Å². The number of carbonyl (C=O) groups excluding carboxylic acids is 1. The van der Waals surface area contributed by atoms with Crippen LogP contribution in [-0.2, 0) is 11.3 Å². The Hall–Kier alpha value is -2.07. The summed E-state index contributed by atoms with van der Waals surface area (Å²) in [5, 5.41) is 3.01. The van der Waals surface area contributed by atoms with Crippen LogP contribution in [0.1, 0.15) is 42.0 Å². The average molecular weight is 323 g/mol. The zero-order valence-corrected chi connectivity index (χ0v) is 14.3. The van der Waals surface area contributed by atoms with Crippen LogP contribution in [-0.4, -0.2) is 35.0 Å². The summed E-state index contributed by atoms with van der Waals surface area (Å²) in [4.78, 5) is 15.0. The third-order valence-electron chi connectivity index (χ3n) is 5.46. The van der Waals surface area contributed by atoms with Crippen molar-refractivity contribution in [2.75, 3.05) is 25.0 Å². The molecule has 3 heterocycles. The highest BCUT2D eigenvalue weighted by atomic mass is 16.2. The first kappa shape index (κ1) is 15.5. The molecule has 24 heavy (non-hydrogen) atoms. The molecule has 1 fully saturated rings. The Bertz CT molecular complexity index is 743. The number of amides is 1. The standard InChI is InChI=1S/C20H25N3O/c1-15-16(19-17-7-2-3-8-18(17)21-20(19)24)9-14-23(15)13-6-12-22-10-4-5-11-22/h2-3,7-9,14,19H,4-6,10-13H2,1H3,(H,21,24). The van der Waals surface area contributed by atoms with E-state index in [0.717, 1.165) is 23.4 Å². The van der Waals surface area contributed by atoms with Crippen LogP contribution in [0, 0.1) is 6.92 Å². The van der Waals surface area contributed by atoms with Crippen LogP contribution >= 0.6 is 0 Å². The summed E-state index contributed by atoms with van der Waals surface area (Å²) in [7, 11) is 0. The summed E-state index contributed by atoms with van der Waals surface area (Å²) in [6.45, 7) is 6.86. The van der Waals surface area contributed by atoms with Crippen LogP contribution in [0.15, 0.2) is 36.5 Å². The molecular formula is C20H25N3O. The molecule has 1 saturated heterocycles. The van der Waals surface area contributed by atoms with Crippen molar-refractivity contribution in [3.05, 3.63) is 53.3 Å². The van der Waals surface area contributed by atoms with Crippen molar-refractivity contribution in [1.29, 1.82) is 0 Å². The van der Waals surface area contributed by atoms with Gasteiger partial charge in [0, 0.05) is 24.1 Å². The maximum Gasteiger partial charge on any atom is 0.236 e. The molecule has 2 aliphatic heterocycles. The van der Waals surface area contributed by atoms with E-state index in [1.54, 1.807) is 0 Å². The zero-order valence-electron chi connectivity index (χ0n) is 14.3. The number of aromatic nitrogens is 1. The predicted molar refractivity (Wildman–Crippen MR) is 96.4 cm³/mol. The SMILES string of the molecule is Cc1c(C2C(=O)Nc3ccccc32)ccn1CCCN1CCCC1. The number of fused-ring (bicyclic) bond motifs is 1. The van der Waals surface area contributed by atoms with Crippen molar-refractivity contribution in [1.82, 2.24) is 9.47 Å². The smallest absolute Gasteiger partial charge is 0.236 e. The number of carbonyl (C=O) groups is 1. The number of benzene rings is 1. The average Bonchev–Trinajstić information content (AvgIpc) is 3.28. The second-order valence-corrected chi connectivity index (χ2v) is 6.96. The number of para-hydroxylation sites is 1. The molecule has 4 nitrogen and oxygen atoms in total. The summed E-state index contributed by atoms with van der Waals surface area (Å²) in [6, 6.07) is 10.1. The molecule has 1 unspecified atom stereocenters. The minimum Gasteiger partial charge on any atom is -0.351 e. The summed E-state index contributed by atoms with van der Waals surface area (Å²) < 4.78 is 2.31. The lowest BCUT2D eigenvalue weighted by Crippen LogP contribution is -2.21. The molecule has 2 aliphatic rings. The Morgan fingerprint density at radius 1 is 1.08 bits per heavy atom. The van der Waals surface area contributed by atoms with Gasteiger partial charge in [0.1, 0.15) is 0 Å². The Labute approximate surface area is 143 Å². The van der Waals surface area contributed by atoms with E-state index in [-0.39, 0.29) is 11.8 Å². The first-order valence-electron chi connectivity index (χ1n) is 9.02. The number of likely N-dealkylation sites (tertiary alicyclic amines) is 1. The number of nitrogens with zero attached hydrogens (tertiary/aromatic N) is 2. The van der Waals surface area contributed by atoms with Gasteiger partial charge in [-0.2, -0.15) is 0 Å². The third-order valence-corrected chi connectivity index (χ3v) is 5.46. The van der Waals surface area contributed by atoms with Crippen LogP contribution in [0.2, 0.25) is 0 Å². The van der Waals surface area contributed by atoms with Crippen LogP contribution in [0.5, 0.6) is 0 Å². The van der Waals surface area contributed by atoms with Crippen LogP contribution in [0.3, 0.4) is 0 Å². The maximum absolute atomic E-state index is 12.5. The predicted octanol–water partition coefficient (Wildman–Crippen LogP) is 3.37. The van der Waals surface area contributed by atoms with Crippen molar-refractivity contribution >= 4 is 11.6 Å². The van der Waals surface area contributed by atoms with E-state index >= 15 is 0 Å². The van der Waals surface area contributed by atoms with Crippen molar-refractivity contribution in [2.45, 2.75) is 38.6 Å². The second kappa shape index (κ2) is 6.44. The number of anilines is 1. The molecule has 1 amide bonds. The Morgan fingerprint density at radius 2 is 1.88 bits per heavy atom. The topological polar surface area (TPSA) is 37.3 Å². The zero-order chi connectivity index (χ0) is 16.5. The molecule has 0 radical (unpaired) electrons. The van der Waals surface area contributed by atoms with Crippen LogP contribution in [0.25, 0.3) is 0 Å². The number of nitrogens with one attached hydrogen (secondary N) is 1. The number of rotatable bonds is 5. The number of hydrogen-bond acceptors (Lipinski definition) is 2. The monoisotopic (exact) mass is 323 g/mol. The minimum atomic E-state index is -0.166. The van der Waals surface area contributed by atoms with E-state index in [2.05, 4.69) is 40.0 Å². The molecule has 2 aromatic rings. The van der Waals surface area contributed by atoms with Gasteiger partial charge in [0.15, 0.2) is 0 Å². The molecule has 4 rings (SSSR count). The fraction of sp³-hybridized carbons (Fsp3) is 0.450. The van der Waals surface area contributed by atoms with Crippen molar-refractivity contribution in [2.24, 2.45) is 0 Å². The highest BCUT2D eigenvalue weighted by Gasteiger charge is 2.33. The van der Waals surface area contributed by atoms with Gasteiger partial charge in [-0.05, 0) is 69.1 Å². The van der Waals surface area contributed by atoms with Crippen molar-refractivity contribution in [3.63, 3.8) is 0 Å². The van der Waals surface area contributed by atoms with Crippen LogP contribution in [0.4, 0.5) is 5.69 Å². The molecule has 0 spiro atoms. The molecule has 0 aliphatic carbocycles. The van der Waals surface area contributed by atoms with Gasteiger partial charge in [-0.3, -0.25) is 4.79 Å². The molecule has 0 bridgehead atoms. The van der Waals surface area contributed by atoms with Crippen molar-refractivity contribution < 1.29 is 4.79 Å². The summed E-state index contributed by atoms with van der Waals surface area (Å²) in [5.41, 5.74) is 4.40. The largest absolute Gasteiger partial charge is 0.351 e. The van der Waals surface area contributed by atoms with E-state index in [9.17, 15) is 4.79 Å². The number of aryl methyl sites for hydroxylation is 1. The Kier molecular flexibility index (Phi) is 4.15. The minimum absolute atomic E-state index is 0.0918. The van der Waals surface area contributed by atoms with Gasteiger partial charge in [-0.1, -0.05) is 18.2 Å². The molecule has 1 atom stereocenters. The molecule has 1 N–H and O–H groups in total. The molecule has 1 aromatic carbocycles. The molecule has 0 saturated carbocycles. The van der Waals surface area contributed by atoms with Gasteiger partial charge in [0.25, 0.3) is 0 Å². The van der Waals surface area contributed by atoms with E-state index < -0.39 is 0 Å². The van der Waals surface area contributed by atoms with Gasteiger partial charge in [-0.25, -0.2) is 0 Å². The lowest BCUT2D eigenvalue weighted by molar-refractivity contribution is -0.116. The molecule has 1 aromatic heterocycles. The first-order valence-corrected chi connectivity index (χ1v) is 9.02. The first-order chi connectivity index (χ1) is 11.7. The van der Waals surface area contributed by atoms with E-state index in [0.29, 0.717) is 0 Å².